The second-order valence-corrected chi connectivity index (χ2v) is 5.42. The van der Waals surface area contributed by atoms with Crippen LogP contribution in [0.5, 0.6) is 0 Å². The summed E-state index contributed by atoms with van der Waals surface area (Å²) < 4.78 is 14.2. The normalized spacial score (nSPS) is 12.4. The standard InChI is InChI=1S/C15H16BrFN2/c1-10-2-4-11(5-3-10)15(19-18)9-12-8-13(17)6-7-14(12)16/h2-8,15,19H,9,18H2,1H3. The predicted molar refractivity (Wildman–Crippen MR) is 79.0 cm³/mol. The maximum atomic E-state index is 13.3. The van der Waals surface area contributed by atoms with Gasteiger partial charge in [0, 0.05) is 4.47 Å². The smallest absolute Gasteiger partial charge is 0.123 e. The number of halogens is 2. The number of nitrogens with two attached hydrogens (primary N) is 1. The van der Waals surface area contributed by atoms with E-state index in [1.807, 2.05) is 31.2 Å². The van der Waals surface area contributed by atoms with Crippen molar-refractivity contribution in [2.75, 3.05) is 0 Å². The molecular weight excluding hydrogens is 307 g/mol. The highest BCUT2D eigenvalue weighted by Gasteiger charge is 2.13. The molecule has 0 fully saturated rings. The van der Waals surface area contributed by atoms with Crippen LogP contribution in [-0.4, -0.2) is 0 Å². The third-order valence-electron chi connectivity index (χ3n) is 3.11. The van der Waals surface area contributed by atoms with E-state index in [1.54, 1.807) is 6.07 Å². The molecule has 0 heterocycles. The van der Waals surface area contributed by atoms with Gasteiger partial charge in [-0.1, -0.05) is 45.8 Å². The van der Waals surface area contributed by atoms with Crippen LogP contribution >= 0.6 is 15.9 Å². The molecule has 0 radical (unpaired) electrons. The molecule has 1 unspecified atom stereocenters. The molecule has 100 valence electrons. The molecule has 4 heteroatoms. The zero-order valence-electron chi connectivity index (χ0n) is 10.7. The Morgan fingerprint density at radius 2 is 1.89 bits per heavy atom. The average molecular weight is 323 g/mol. The van der Waals surface area contributed by atoms with Crippen molar-refractivity contribution in [3.8, 4) is 0 Å². The van der Waals surface area contributed by atoms with Gasteiger partial charge in [-0.15, -0.1) is 0 Å². The van der Waals surface area contributed by atoms with Crippen LogP contribution in [-0.2, 0) is 6.42 Å². The van der Waals surface area contributed by atoms with Crippen molar-refractivity contribution in [2.24, 2.45) is 5.84 Å². The number of hydrazine groups is 1. The van der Waals surface area contributed by atoms with Gasteiger partial charge < -0.3 is 0 Å². The summed E-state index contributed by atoms with van der Waals surface area (Å²) in [7, 11) is 0. The number of rotatable bonds is 4. The largest absolute Gasteiger partial charge is 0.271 e. The second-order valence-electron chi connectivity index (χ2n) is 4.57. The lowest BCUT2D eigenvalue weighted by atomic mass is 9.98. The predicted octanol–water partition coefficient (Wildman–Crippen LogP) is 3.64. The van der Waals surface area contributed by atoms with Gasteiger partial charge in [-0.2, -0.15) is 0 Å². The Labute approximate surface area is 120 Å². The zero-order valence-corrected chi connectivity index (χ0v) is 12.2. The Hall–Kier alpha value is -1.23. The Bertz CT molecular complexity index is 555. The van der Waals surface area contributed by atoms with Crippen LogP contribution in [0.3, 0.4) is 0 Å². The van der Waals surface area contributed by atoms with Gasteiger partial charge in [-0.25, -0.2) is 4.39 Å². The number of aryl methyl sites for hydroxylation is 1. The van der Waals surface area contributed by atoms with Crippen molar-refractivity contribution in [2.45, 2.75) is 19.4 Å². The zero-order chi connectivity index (χ0) is 13.8. The molecule has 1 atom stereocenters. The highest BCUT2D eigenvalue weighted by Crippen LogP contribution is 2.24. The fraction of sp³-hybridized carbons (Fsp3) is 0.200. The highest BCUT2D eigenvalue weighted by molar-refractivity contribution is 9.10. The summed E-state index contributed by atoms with van der Waals surface area (Å²) in [6.45, 7) is 2.04. The van der Waals surface area contributed by atoms with Crippen molar-refractivity contribution in [1.82, 2.24) is 5.43 Å². The molecule has 2 aromatic rings. The molecule has 0 saturated heterocycles. The maximum absolute atomic E-state index is 13.3. The Morgan fingerprint density at radius 3 is 2.53 bits per heavy atom. The molecule has 0 amide bonds. The Morgan fingerprint density at radius 1 is 1.21 bits per heavy atom. The summed E-state index contributed by atoms with van der Waals surface area (Å²) in [5.74, 6) is 5.38. The molecular formula is C15H16BrFN2. The van der Waals surface area contributed by atoms with E-state index in [-0.39, 0.29) is 11.9 Å². The first-order valence-electron chi connectivity index (χ1n) is 6.07. The fourth-order valence-electron chi connectivity index (χ4n) is 1.99. The molecule has 0 aliphatic rings. The van der Waals surface area contributed by atoms with E-state index < -0.39 is 0 Å². The molecule has 0 bridgehead atoms. The van der Waals surface area contributed by atoms with Crippen LogP contribution in [0.4, 0.5) is 4.39 Å². The summed E-state index contributed by atoms with van der Waals surface area (Å²) in [6, 6.07) is 12.8. The first-order valence-corrected chi connectivity index (χ1v) is 6.86. The van der Waals surface area contributed by atoms with Crippen molar-refractivity contribution in [1.29, 1.82) is 0 Å². The Balaban J connectivity index is 2.23. The number of benzene rings is 2. The monoisotopic (exact) mass is 322 g/mol. The molecule has 2 nitrogen and oxygen atoms in total. The highest BCUT2D eigenvalue weighted by atomic mass is 79.9. The van der Waals surface area contributed by atoms with Crippen molar-refractivity contribution >= 4 is 15.9 Å². The van der Waals surface area contributed by atoms with Crippen molar-refractivity contribution in [3.05, 3.63) is 69.4 Å². The summed E-state index contributed by atoms with van der Waals surface area (Å²) in [5, 5.41) is 0. The minimum atomic E-state index is -0.238. The third-order valence-corrected chi connectivity index (χ3v) is 3.89. The number of nitrogens with one attached hydrogen (secondary N) is 1. The van der Waals surface area contributed by atoms with Gasteiger partial charge in [0.1, 0.15) is 5.82 Å². The first kappa shape index (κ1) is 14.2. The molecule has 0 spiro atoms. The van der Waals surface area contributed by atoms with E-state index in [2.05, 4.69) is 21.4 Å². The van der Waals surface area contributed by atoms with Crippen LogP contribution in [0, 0.1) is 12.7 Å². The number of hydrogen-bond donors (Lipinski definition) is 2. The molecule has 0 aliphatic heterocycles. The van der Waals surface area contributed by atoms with Crippen LogP contribution in [0.2, 0.25) is 0 Å². The van der Waals surface area contributed by atoms with E-state index in [1.165, 1.54) is 17.7 Å². The summed E-state index contributed by atoms with van der Waals surface area (Å²) in [5.41, 5.74) is 5.97. The van der Waals surface area contributed by atoms with Crippen LogP contribution in [0.25, 0.3) is 0 Å². The summed E-state index contributed by atoms with van der Waals surface area (Å²) >= 11 is 3.44. The Kier molecular flexibility index (Phi) is 4.69. The van der Waals surface area contributed by atoms with Gasteiger partial charge in [-0.05, 0) is 42.7 Å². The van der Waals surface area contributed by atoms with Gasteiger partial charge in [0.2, 0.25) is 0 Å². The lowest BCUT2D eigenvalue weighted by Gasteiger charge is -2.17. The van der Waals surface area contributed by atoms with E-state index in [0.717, 1.165) is 15.6 Å². The molecule has 2 rings (SSSR count). The summed E-state index contributed by atoms with van der Waals surface area (Å²) in [4.78, 5) is 0. The molecule has 0 aromatic heterocycles. The molecule has 0 saturated carbocycles. The molecule has 0 aliphatic carbocycles. The molecule has 3 N–H and O–H groups in total. The van der Waals surface area contributed by atoms with Crippen molar-refractivity contribution < 1.29 is 4.39 Å². The third kappa shape index (κ3) is 3.62. The van der Waals surface area contributed by atoms with E-state index in [0.29, 0.717) is 6.42 Å². The van der Waals surface area contributed by atoms with Crippen LogP contribution < -0.4 is 11.3 Å². The van der Waals surface area contributed by atoms with Gasteiger partial charge in [0.25, 0.3) is 0 Å². The molecule has 2 aromatic carbocycles. The van der Waals surface area contributed by atoms with Gasteiger partial charge in [0.15, 0.2) is 0 Å². The van der Waals surface area contributed by atoms with Gasteiger partial charge >= 0.3 is 0 Å². The van der Waals surface area contributed by atoms with Gasteiger partial charge in [0.05, 0.1) is 6.04 Å². The molecule has 19 heavy (non-hydrogen) atoms. The number of hydrogen-bond acceptors (Lipinski definition) is 2. The minimum Gasteiger partial charge on any atom is -0.271 e. The van der Waals surface area contributed by atoms with Crippen LogP contribution in [0.15, 0.2) is 46.9 Å². The topological polar surface area (TPSA) is 38.0 Å². The SMILES string of the molecule is Cc1ccc(C(Cc2cc(F)ccc2Br)NN)cc1. The average Bonchev–Trinajstić information content (AvgIpc) is 2.41. The quantitative estimate of drug-likeness (QED) is 0.666. The first-order chi connectivity index (χ1) is 9.10. The second kappa shape index (κ2) is 6.28. The lowest BCUT2D eigenvalue weighted by molar-refractivity contribution is 0.547. The maximum Gasteiger partial charge on any atom is 0.123 e. The lowest BCUT2D eigenvalue weighted by Crippen LogP contribution is -2.29. The minimum absolute atomic E-state index is 0.0429. The van der Waals surface area contributed by atoms with Gasteiger partial charge in [-0.3, -0.25) is 11.3 Å². The van der Waals surface area contributed by atoms with Crippen LogP contribution in [0.1, 0.15) is 22.7 Å². The van der Waals surface area contributed by atoms with E-state index in [4.69, 9.17) is 5.84 Å². The van der Waals surface area contributed by atoms with Crippen molar-refractivity contribution in [3.63, 3.8) is 0 Å². The van der Waals surface area contributed by atoms with E-state index >= 15 is 0 Å². The summed E-state index contributed by atoms with van der Waals surface area (Å²) in [6.07, 6.45) is 0.623. The fourth-order valence-corrected chi connectivity index (χ4v) is 2.40. The van der Waals surface area contributed by atoms with E-state index in [9.17, 15) is 4.39 Å².